The van der Waals surface area contributed by atoms with Crippen LogP contribution in [-0.4, -0.2) is 18.4 Å². The minimum Gasteiger partial charge on any atom is -0.350 e. The van der Waals surface area contributed by atoms with Crippen molar-refractivity contribution in [2.75, 3.05) is 6.54 Å². The fourth-order valence-corrected chi connectivity index (χ4v) is 2.49. The first-order chi connectivity index (χ1) is 11.0. The van der Waals surface area contributed by atoms with E-state index in [-0.39, 0.29) is 23.0 Å². The van der Waals surface area contributed by atoms with Crippen molar-refractivity contribution >= 4 is 35.0 Å². The van der Waals surface area contributed by atoms with Crippen molar-refractivity contribution in [3.05, 3.63) is 69.2 Å². The summed E-state index contributed by atoms with van der Waals surface area (Å²) in [5.41, 5.74) is 2.42. The number of amides is 2. The highest BCUT2D eigenvalue weighted by Crippen LogP contribution is 2.20. The van der Waals surface area contributed by atoms with Gasteiger partial charge in [0.15, 0.2) is 0 Å². The second-order valence-electron chi connectivity index (χ2n) is 5.01. The van der Waals surface area contributed by atoms with Crippen LogP contribution in [0.3, 0.4) is 0 Å². The minimum absolute atomic E-state index is 0.121. The lowest BCUT2D eigenvalue weighted by atomic mass is 10.1. The maximum Gasteiger partial charge on any atom is 0.253 e. The number of carbonyl (C=O) groups is 2. The van der Waals surface area contributed by atoms with Crippen LogP contribution < -0.4 is 10.6 Å². The maximum absolute atomic E-state index is 12.0. The summed E-state index contributed by atoms with van der Waals surface area (Å²) in [7, 11) is 0. The maximum atomic E-state index is 12.0. The van der Waals surface area contributed by atoms with Gasteiger partial charge in [-0.25, -0.2) is 0 Å². The Hall–Kier alpha value is -2.04. The fourth-order valence-electron chi connectivity index (χ4n) is 1.99. The normalized spacial score (nSPS) is 10.2. The highest BCUT2D eigenvalue weighted by atomic mass is 35.5. The van der Waals surface area contributed by atoms with E-state index in [1.54, 1.807) is 6.07 Å². The molecule has 0 aromatic heterocycles. The van der Waals surface area contributed by atoms with Gasteiger partial charge < -0.3 is 10.6 Å². The Morgan fingerprint density at radius 2 is 1.78 bits per heavy atom. The molecule has 0 unspecified atom stereocenters. The molecule has 6 heteroatoms. The average molecular weight is 351 g/mol. The van der Waals surface area contributed by atoms with Crippen LogP contribution in [0.2, 0.25) is 10.0 Å². The van der Waals surface area contributed by atoms with Gasteiger partial charge in [-0.05, 0) is 36.2 Å². The molecule has 0 fully saturated rings. The summed E-state index contributed by atoms with van der Waals surface area (Å²) in [5.74, 6) is -0.690. The summed E-state index contributed by atoms with van der Waals surface area (Å²) in [6.07, 6.45) is 0. The Morgan fingerprint density at radius 1 is 1.04 bits per heavy atom. The number of halogens is 2. The van der Waals surface area contributed by atoms with Crippen molar-refractivity contribution in [2.45, 2.75) is 13.5 Å². The van der Waals surface area contributed by atoms with Crippen LogP contribution in [0.25, 0.3) is 0 Å². The van der Waals surface area contributed by atoms with Gasteiger partial charge in [-0.1, -0.05) is 47.5 Å². The standard InChI is InChI=1S/C17H16Cl2N2O2/c1-11-4-2-3-5-12(11)9-20-16(22)10-21-17(23)14-7-6-13(18)8-15(14)19/h2-8H,9-10H2,1H3,(H,20,22)(H,21,23). The van der Waals surface area contributed by atoms with Crippen LogP contribution in [0.4, 0.5) is 0 Å². The predicted molar refractivity (Wildman–Crippen MR) is 91.8 cm³/mol. The van der Waals surface area contributed by atoms with Gasteiger partial charge in [0, 0.05) is 11.6 Å². The molecule has 0 radical (unpaired) electrons. The molecule has 0 aliphatic rings. The lowest BCUT2D eigenvalue weighted by Gasteiger charge is -2.09. The van der Waals surface area contributed by atoms with Crippen LogP contribution in [-0.2, 0) is 11.3 Å². The van der Waals surface area contributed by atoms with Gasteiger partial charge in [0.05, 0.1) is 17.1 Å². The third-order valence-electron chi connectivity index (χ3n) is 3.32. The van der Waals surface area contributed by atoms with Crippen molar-refractivity contribution < 1.29 is 9.59 Å². The smallest absolute Gasteiger partial charge is 0.253 e. The zero-order valence-corrected chi connectivity index (χ0v) is 14.0. The van der Waals surface area contributed by atoms with E-state index >= 15 is 0 Å². The van der Waals surface area contributed by atoms with Gasteiger partial charge in [0.2, 0.25) is 5.91 Å². The molecule has 0 atom stereocenters. The van der Waals surface area contributed by atoms with Crippen molar-refractivity contribution in [1.29, 1.82) is 0 Å². The van der Waals surface area contributed by atoms with E-state index < -0.39 is 5.91 Å². The predicted octanol–water partition coefficient (Wildman–Crippen LogP) is 3.35. The van der Waals surface area contributed by atoms with Gasteiger partial charge in [0.1, 0.15) is 0 Å². The molecule has 4 nitrogen and oxygen atoms in total. The molecule has 23 heavy (non-hydrogen) atoms. The molecular weight excluding hydrogens is 335 g/mol. The van der Waals surface area contributed by atoms with Crippen molar-refractivity contribution in [2.24, 2.45) is 0 Å². The van der Waals surface area contributed by atoms with Crippen LogP contribution >= 0.6 is 23.2 Å². The van der Waals surface area contributed by atoms with Crippen LogP contribution in [0.1, 0.15) is 21.5 Å². The Balaban J connectivity index is 1.84. The number of aryl methyl sites for hydroxylation is 1. The van der Waals surface area contributed by atoms with Crippen LogP contribution in [0, 0.1) is 6.92 Å². The van der Waals surface area contributed by atoms with E-state index in [0.29, 0.717) is 11.6 Å². The number of hydrogen-bond acceptors (Lipinski definition) is 2. The molecule has 2 amide bonds. The number of carbonyl (C=O) groups excluding carboxylic acids is 2. The Morgan fingerprint density at radius 3 is 2.48 bits per heavy atom. The van der Waals surface area contributed by atoms with Crippen molar-refractivity contribution in [3.63, 3.8) is 0 Å². The monoisotopic (exact) mass is 350 g/mol. The lowest BCUT2D eigenvalue weighted by molar-refractivity contribution is -0.120. The van der Waals surface area contributed by atoms with E-state index in [9.17, 15) is 9.59 Å². The lowest BCUT2D eigenvalue weighted by Crippen LogP contribution is -2.36. The molecule has 0 spiro atoms. The summed E-state index contributed by atoms with van der Waals surface area (Å²) in [6.45, 7) is 2.28. The minimum atomic E-state index is -0.419. The molecule has 2 aromatic rings. The molecule has 0 saturated carbocycles. The highest BCUT2D eigenvalue weighted by molar-refractivity contribution is 6.36. The fraction of sp³-hybridized carbons (Fsp3) is 0.176. The molecule has 0 aliphatic carbocycles. The van der Waals surface area contributed by atoms with Gasteiger partial charge in [-0.3, -0.25) is 9.59 Å². The van der Waals surface area contributed by atoms with E-state index in [4.69, 9.17) is 23.2 Å². The largest absolute Gasteiger partial charge is 0.350 e. The Bertz CT molecular complexity index is 732. The molecule has 2 aromatic carbocycles. The second kappa shape index (κ2) is 7.99. The van der Waals surface area contributed by atoms with Gasteiger partial charge in [-0.2, -0.15) is 0 Å². The first kappa shape index (κ1) is 17.3. The van der Waals surface area contributed by atoms with Crippen LogP contribution in [0.5, 0.6) is 0 Å². The molecular formula is C17H16Cl2N2O2. The summed E-state index contributed by atoms with van der Waals surface area (Å²) in [5, 5.41) is 5.99. The third-order valence-corrected chi connectivity index (χ3v) is 3.87. The summed E-state index contributed by atoms with van der Waals surface area (Å²) >= 11 is 11.7. The number of benzene rings is 2. The topological polar surface area (TPSA) is 58.2 Å². The number of hydrogen-bond donors (Lipinski definition) is 2. The molecule has 0 saturated heterocycles. The van der Waals surface area contributed by atoms with Crippen molar-refractivity contribution in [1.82, 2.24) is 10.6 Å². The molecule has 2 N–H and O–H groups in total. The van der Waals surface area contributed by atoms with E-state index in [0.717, 1.165) is 11.1 Å². The first-order valence-corrected chi connectivity index (χ1v) is 7.77. The average Bonchev–Trinajstić information content (AvgIpc) is 2.52. The van der Waals surface area contributed by atoms with Gasteiger partial charge >= 0.3 is 0 Å². The van der Waals surface area contributed by atoms with E-state index in [1.165, 1.54) is 12.1 Å². The summed E-state index contributed by atoms with van der Waals surface area (Å²) in [6, 6.07) is 12.4. The first-order valence-electron chi connectivity index (χ1n) is 7.02. The second-order valence-corrected chi connectivity index (χ2v) is 5.85. The van der Waals surface area contributed by atoms with Crippen molar-refractivity contribution in [3.8, 4) is 0 Å². The quantitative estimate of drug-likeness (QED) is 0.868. The molecule has 0 heterocycles. The van der Waals surface area contributed by atoms with Gasteiger partial charge in [-0.15, -0.1) is 0 Å². The zero-order chi connectivity index (χ0) is 16.8. The molecule has 2 rings (SSSR count). The summed E-state index contributed by atoms with van der Waals surface area (Å²) < 4.78 is 0. The number of rotatable bonds is 5. The van der Waals surface area contributed by atoms with E-state index in [1.807, 2.05) is 31.2 Å². The van der Waals surface area contributed by atoms with Crippen LogP contribution in [0.15, 0.2) is 42.5 Å². The van der Waals surface area contributed by atoms with E-state index in [2.05, 4.69) is 10.6 Å². The summed E-state index contributed by atoms with van der Waals surface area (Å²) in [4.78, 5) is 23.8. The SMILES string of the molecule is Cc1ccccc1CNC(=O)CNC(=O)c1ccc(Cl)cc1Cl. The third kappa shape index (κ3) is 4.98. The Labute approximate surface area is 144 Å². The molecule has 0 bridgehead atoms. The zero-order valence-electron chi connectivity index (χ0n) is 12.5. The Kier molecular flexibility index (Phi) is 6.02. The highest BCUT2D eigenvalue weighted by Gasteiger charge is 2.12. The molecule has 120 valence electrons. The van der Waals surface area contributed by atoms with Gasteiger partial charge in [0.25, 0.3) is 5.91 Å². The molecule has 0 aliphatic heterocycles. The number of nitrogens with one attached hydrogen (secondary N) is 2.